The Morgan fingerprint density at radius 2 is 1.72 bits per heavy atom. The van der Waals surface area contributed by atoms with E-state index < -0.39 is 5.97 Å². The van der Waals surface area contributed by atoms with Gasteiger partial charge in [0.15, 0.2) is 6.61 Å². The smallest absolute Gasteiger partial charge is 0.325 e. The van der Waals surface area contributed by atoms with Gasteiger partial charge in [-0.15, -0.1) is 0 Å². The Balaban J connectivity index is 1.35. The first kappa shape index (κ1) is 21.4. The van der Waals surface area contributed by atoms with Crippen LogP contribution in [0.2, 0.25) is 5.02 Å². The quantitative estimate of drug-likeness (QED) is 0.712. The van der Waals surface area contributed by atoms with Crippen LogP contribution in [-0.4, -0.2) is 62.0 Å². The predicted octanol–water partition coefficient (Wildman–Crippen LogP) is 2.23. The molecule has 0 aromatic heterocycles. The number of halogens is 1. The van der Waals surface area contributed by atoms with Crippen LogP contribution in [-0.2, 0) is 19.1 Å². The summed E-state index contributed by atoms with van der Waals surface area (Å²) in [5.41, 5.74) is 0.960. The zero-order valence-corrected chi connectivity index (χ0v) is 17.3. The third kappa shape index (κ3) is 6.10. The molecule has 2 aliphatic rings. The molecule has 1 saturated heterocycles. The third-order valence-corrected chi connectivity index (χ3v) is 5.88. The van der Waals surface area contributed by atoms with E-state index in [2.05, 4.69) is 10.2 Å². The molecule has 1 heterocycles. The summed E-state index contributed by atoms with van der Waals surface area (Å²) in [6, 6.07) is 7.63. The van der Waals surface area contributed by atoms with Gasteiger partial charge in [0.25, 0.3) is 5.91 Å². The predicted molar refractivity (Wildman–Crippen MR) is 111 cm³/mol. The van der Waals surface area contributed by atoms with Crippen molar-refractivity contribution in [1.29, 1.82) is 0 Å². The Morgan fingerprint density at radius 3 is 2.41 bits per heavy atom. The SMILES string of the molecule is O=C(CNC(=O)C1CCCCC1)OCC(=O)N1CCN(c2ccccc2Cl)CC1. The highest BCUT2D eigenvalue weighted by molar-refractivity contribution is 6.33. The lowest BCUT2D eigenvalue weighted by molar-refractivity contribution is -0.152. The maximum Gasteiger partial charge on any atom is 0.325 e. The fraction of sp³-hybridized carbons (Fsp3) is 0.571. The molecule has 1 aromatic carbocycles. The lowest BCUT2D eigenvalue weighted by Gasteiger charge is -2.36. The highest BCUT2D eigenvalue weighted by atomic mass is 35.5. The van der Waals surface area contributed by atoms with E-state index in [4.69, 9.17) is 16.3 Å². The van der Waals surface area contributed by atoms with E-state index in [0.29, 0.717) is 31.2 Å². The molecule has 0 unspecified atom stereocenters. The van der Waals surface area contributed by atoms with E-state index in [0.717, 1.165) is 31.4 Å². The molecule has 3 rings (SSSR count). The normalized spacial score (nSPS) is 17.7. The summed E-state index contributed by atoms with van der Waals surface area (Å²) in [7, 11) is 0. The number of piperazine rings is 1. The lowest BCUT2D eigenvalue weighted by atomic mass is 9.89. The molecule has 7 nitrogen and oxygen atoms in total. The van der Waals surface area contributed by atoms with Crippen molar-refractivity contribution in [3.63, 3.8) is 0 Å². The molecule has 158 valence electrons. The van der Waals surface area contributed by atoms with Gasteiger partial charge >= 0.3 is 5.97 Å². The lowest BCUT2D eigenvalue weighted by Crippen LogP contribution is -2.50. The van der Waals surface area contributed by atoms with Gasteiger partial charge in [-0.1, -0.05) is 43.0 Å². The first-order chi connectivity index (χ1) is 14.0. The number of hydrogen-bond acceptors (Lipinski definition) is 5. The number of ether oxygens (including phenoxy) is 1. The molecule has 1 aliphatic heterocycles. The van der Waals surface area contributed by atoms with Gasteiger partial charge in [-0.05, 0) is 25.0 Å². The van der Waals surface area contributed by atoms with Gasteiger partial charge in [-0.25, -0.2) is 0 Å². The summed E-state index contributed by atoms with van der Waals surface area (Å²) in [5.74, 6) is -0.913. The van der Waals surface area contributed by atoms with E-state index in [1.54, 1.807) is 4.90 Å². The Hall–Kier alpha value is -2.28. The molecule has 1 aromatic rings. The van der Waals surface area contributed by atoms with Crippen LogP contribution >= 0.6 is 11.6 Å². The molecule has 0 radical (unpaired) electrons. The van der Waals surface area contributed by atoms with E-state index in [1.807, 2.05) is 24.3 Å². The summed E-state index contributed by atoms with van der Waals surface area (Å²) in [4.78, 5) is 40.0. The molecule has 1 saturated carbocycles. The van der Waals surface area contributed by atoms with Crippen LogP contribution in [0.15, 0.2) is 24.3 Å². The molecule has 0 spiro atoms. The summed E-state index contributed by atoms with van der Waals surface area (Å²) < 4.78 is 5.05. The summed E-state index contributed by atoms with van der Waals surface area (Å²) in [6.45, 7) is 1.93. The molecule has 0 bridgehead atoms. The third-order valence-electron chi connectivity index (χ3n) is 5.57. The second-order valence-electron chi connectivity index (χ2n) is 7.53. The molecule has 29 heavy (non-hydrogen) atoms. The fourth-order valence-electron chi connectivity index (χ4n) is 3.86. The van der Waals surface area contributed by atoms with Crippen LogP contribution in [0.3, 0.4) is 0 Å². The van der Waals surface area contributed by atoms with E-state index in [-0.39, 0.29) is 30.9 Å². The molecular formula is C21H28ClN3O4. The first-order valence-electron chi connectivity index (χ1n) is 10.2. The van der Waals surface area contributed by atoms with Gasteiger partial charge in [0.2, 0.25) is 5.91 Å². The van der Waals surface area contributed by atoms with Crippen LogP contribution in [0.1, 0.15) is 32.1 Å². The second-order valence-corrected chi connectivity index (χ2v) is 7.94. The number of amides is 2. The standard InChI is InChI=1S/C21H28ClN3O4/c22-17-8-4-5-9-18(17)24-10-12-25(13-11-24)19(26)15-29-20(27)14-23-21(28)16-6-2-1-3-7-16/h4-5,8-9,16H,1-3,6-7,10-15H2,(H,23,28). The minimum absolute atomic E-state index is 0.00686. The molecule has 8 heteroatoms. The van der Waals surface area contributed by atoms with Crippen molar-refractivity contribution in [2.45, 2.75) is 32.1 Å². The van der Waals surface area contributed by atoms with Gasteiger partial charge in [-0.2, -0.15) is 0 Å². The van der Waals surface area contributed by atoms with E-state index in [1.165, 1.54) is 6.42 Å². The number of rotatable bonds is 6. The Labute approximate surface area is 176 Å². The zero-order valence-electron chi connectivity index (χ0n) is 16.6. The van der Waals surface area contributed by atoms with Crippen molar-refractivity contribution in [3.05, 3.63) is 29.3 Å². The zero-order chi connectivity index (χ0) is 20.6. The van der Waals surface area contributed by atoms with E-state index >= 15 is 0 Å². The van der Waals surface area contributed by atoms with Crippen LogP contribution in [0.4, 0.5) is 5.69 Å². The van der Waals surface area contributed by atoms with Crippen LogP contribution in [0.5, 0.6) is 0 Å². The highest BCUT2D eigenvalue weighted by Gasteiger charge is 2.24. The molecular weight excluding hydrogens is 394 g/mol. The minimum atomic E-state index is -0.586. The Morgan fingerprint density at radius 1 is 1.03 bits per heavy atom. The number of carbonyl (C=O) groups is 3. The van der Waals surface area contributed by atoms with Crippen LogP contribution in [0, 0.1) is 5.92 Å². The van der Waals surface area contributed by atoms with Crippen molar-refractivity contribution in [3.8, 4) is 0 Å². The Kier molecular flexibility index (Phi) is 7.75. The minimum Gasteiger partial charge on any atom is -0.454 e. The van der Waals surface area contributed by atoms with Crippen molar-refractivity contribution >= 4 is 35.1 Å². The molecule has 1 N–H and O–H groups in total. The molecule has 0 atom stereocenters. The Bertz CT molecular complexity index is 728. The summed E-state index contributed by atoms with van der Waals surface area (Å²) in [5, 5.41) is 3.32. The number of anilines is 1. The largest absolute Gasteiger partial charge is 0.454 e. The number of benzene rings is 1. The maximum absolute atomic E-state index is 12.3. The van der Waals surface area contributed by atoms with Gasteiger partial charge in [0.05, 0.1) is 10.7 Å². The summed E-state index contributed by atoms with van der Waals surface area (Å²) in [6.07, 6.45) is 5.03. The topological polar surface area (TPSA) is 78.9 Å². The number of hydrogen-bond donors (Lipinski definition) is 1. The van der Waals surface area contributed by atoms with Crippen molar-refractivity contribution in [2.75, 3.05) is 44.2 Å². The fourth-order valence-corrected chi connectivity index (χ4v) is 4.11. The average molecular weight is 422 g/mol. The second kappa shape index (κ2) is 10.5. The molecule has 1 aliphatic carbocycles. The number of esters is 1. The maximum atomic E-state index is 12.3. The number of carbonyl (C=O) groups excluding carboxylic acids is 3. The van der Waals surface area contributed by atoms with Gasteiger partial charge in [0, 0.05) is 32.1 Å². The van der Waals surface area contributed by atoms with E-state index in [9.17, 15) is 14.4 Å². The molecule has 2 fully saturated rings. The average Bonchev–Trinajstić information content (AvgIpc) is 2.77. The first-order valence-corrected chi connectivity index (χ1v) is 10.6. The highest BCUT2D eigenvalue weighted by Crippen LogP contribution is 2.26. The van der Waals surface area contributed by atoms with Crippen molar-refractivity contribution in [2.24, 2.45) is 5.92 Å². The van der Waals surface area contributed by atoms with Crippen LogP contribution < -0.4 is 10.2 Å². The van der Waals surface area contributed by atoms with Crippen LogP contribution in [0.25, 0.3) is 0 Å². The number of nitrogens with zero attached hydrogens (tertiary/aromatic N) is 2. The monoisotopic (exact) mass is 421 g/mol. The number of nitrogens with one attached hydrogen (secondary N) is 1. The van der Waals surface area contributed by atoms with Gasteiger partial charge in [-0.3, -0.25) is 14.4 Å². The van der Waals surface area contributed by atoms with Crippen molar-refractivity contribution in [1.82, 2.24) is 10.2 Å². The van der Waals surface area contributed by atoms with Crippen molar-refractivity contribution < 1.29 is 19.1 Å². The number of para-hydroxylation sites is 1. The van der Waals surface area contributed by atoms with Gasteiger partial charge in [0.1, 0.15) is 6.54 Å². The van der Waals surface area contributed by atoms with Gasteiger partial charge < -0.3 is 19.9 Å². The molecule has 2 amide bonds. The summed E-state index contributed by atoms with van der Waals surface area (Å²) >= 11 is 6.23.